The minimum Gasteiger partial charge on any atom is -0.375 e. The molecule has 0 aliphatic carbocycles. The number of hydrogen-bond donors (Lipinski definition) is 1. The molecule has 0 saturated heterocycles. The first-order valence-electron chi connectivity index (χ1n) is 7.68. The van der Waals surface area contributed by atoms with Crippen molar-refractivity contribution in [3.8, 4) is 0 Å². The van der Waals surface area contributed by atoms with Gasteiger partial charge in [0.2, 0.25) is 0 Å². The molecule has 1 aromatic carbocycles. The fourth-order valence-corrected chi connectivity index (χ4v) is 2.30. The van der Waals surface area contributed by atoms with Crippen LogP contribution in [0.5, 0.6) is 0 Å². The highest BCUT2D eigenvalue weighted by Crippen LogP contribution is 2.14. The second-order valence-electron chi connectivity index (χ2n) is 5.46. The first-order valence-corrected chi connectivity index (χ1v) is 7.68. The van der Waals surface area contributed by atoms with Gasteiger partial charge in [-0.2, -0.15) is 0 Å². The lowest BCUT2D eigenvalue weighted by atomic mass is 10.1. The zero-order chi connectivity index (χ0) is 14.1. The summed E-state index contributed by atoms with van der Waals surface area (Å²) in [5, 5.41) is 3.62. The van der Waals surface area contributed by atoms with Gasteiger partial charge in [-0.25, -0.2) is 0 Å². The quantitative estimate of drug-likeness (QED) is 0.724. The Morgan fingerprint density at radius 3 is 2.42 bits per heavy atom. The number of anilines is 1. The van der Waals surface area contributed by atoms with E-state index in [1.165, 1.54) is 36.9 Å². The predicted octanol–water partition coefficient (Wildman–Crippen LogP) is 3.99. The monoisotopic (exact) mass is 262 g/mol. The van der Waals surface area contributed by atoms with Crippen LogP contribution in [0.4, 0.5) is 5.69 Å². The minimum absolute atomic E-state index is 0.686. The molecule has 1 unspecified atom stereocenters. The highest BCUT2D eigenvalue weighted by atomic mass is 15.1. The lowest BCUT2D eigenvalue weighted by Gasteiger charge is -2.22. The second-order valence-corrected chi connectivity index (χ2v) is 5.46. The van der Waals surface area contributed by atoms with E-state index in [4.69, 9.17) is 0 Å². The fourth-order valence-electron chi connectivity index (χ4n) is 2.30. The van der Waals surface area contributed by atoms with Crippen LogP contribution in [0.3, 0.4) is 0 Å². The van der Waals surface area contributed by atoms with E-state index in [1.807, 2.05) is 0 Å². The van der Waals surface area contributed by atoms with Crippen LogP contribution in [0.1, 0.15) is 45.1 Å². The van der Waals surface area contributed by atoms with Crippen LogP contribution >= 0.6 is 0 Å². The van der Waals surface area contributed by atoms with Crippen molar-refractivity contribution in [2.45, 2.75) is 52.5 Å². The van der Waals surface area contributed by atoms with E-state index >= 15 is 0 Å². The molecule has 0 aliphatic rings. The summed E-state index contributed by atoms with van der Waals surface area (Å²) in [4.78, 5) is 2.35. The molecule has 1 aromatic rings. The Morgan fingerprint density at radius 1 is 1.16 bits per heavy atom. The fraction of sp³-hybridized carbons (Fsp3) is 0.647. The van der Waals surface area contributed by atoms with Gasteiger partial charge in [0.15, 0.2) is 0 Å². The van der Waals surface area contributed by atoms with Crippen molar-refractivity contribution in [1.29, 1.82) is 0 Å². The average molecular weight is 262 g/mol. The van der Waals surface area contributed by atoms with Crippen molar-refractivity contribution in [3.05, 3.63) is 29.8 Å². The van der Waals surface area contributed by atoms with Gasteiger partial charge in [-0.3, -0.25) is 0 Å². The number of nitrogens with one attached hydrogen (secondary N) is 1. The van der Waals surface area contributed by atoms with E-state index in [-0.39, 0.29) is 0 Å². The Morgan fingerprint density at radius 2 is 1.84 bits per heavy atom. The minimum atomic E-state index is 0.686. The predicted molar refractivity (Wildman–Crippen MR) is 86.1 cm³/mol. The van der Waals surface area contributed by atoms with Gasteiger partial charge >= 0.3 is 0 Å². The third kappa shape index (κ3) is 6.11. The topological polar surface area (TPSA) is 15.3 Å². The third-order valence-corrected chi connectivity index (χ3v) is 3.70. The van der Waals surface area contributed by atoms with Crippen molar-refractivity contribution in [2.75, 3.05) is 25.0 Å². The molecular formula is C17H30N2. The Bertz CT molecular complexity index is 332. The molecule has 0 saturated carbocycles. The van der Waals surface area contributed by atoms with Gasteiger partial charge in [-0.15, -0.1) is 0 Å². The van der Waals surface area contributed by atoms with Gasteiger partial charge in [-0.1, -0.05) is 31.5 Å². The van der Waals surface area contributed by atoms with Crippen molar-refractivity contribution in [1.82, 2.24) is 5.32 Å². The van der Waals surface area contributed by atoms with E-state index in [1.54, 1.807) is 0 Å². The van der Waals surface area contributed by atoms with Gasteiger partial charge in [0, 0.05) is 25.3 Å². The van der Waals surface area contributed by atoms with E-state index in [9.17, 15) is 0 Å². The number of rotatable bonds is 9. The van der Waals surface area contributed by atoms with E-state index in [0.29, 0.717) is 6.04 Å². The van der Waals surface area contributed by atoms with Crippen LogP contribution in [0.25, 0.3) is 0 Å². The molecule has 0 aliphatic heterocycles. The molecule has 1 rings (SSSR count). The van der Waals surface area contributed by atoms with Gasteiger partial charge in [0.05, 0.1) is 0 Å². The van der Waals surface area contributed by atoms with Crippen LogP contribution < -0.4 is 10.2 Å². The van der Waals surface area contributed by atoms with Crippen molar-refractivity contribution >= 4 is 5.69 Å². The van der Waals surface area contributed by atoms with Crippen molar-refractivity contribution in [3.63, 3.8) is 0 Å². The summed E-state index contributed by atoms with van der Waals surface area (Å²) in [6.07, 6.45) is 4.97. The van der Waals surface area contributed by atoms with Crippen LogP contribution in [0, 0.1) is 6.92 Å². The summed E-state index contributed by atoms with van der Waals surface area (Å²) < 4.78 is 0. The first kappa shape index (κ1) is 16.0. The van der Waals surface area contributed by atoms with E-state index in [0.717, 1.165) is 13.1 Å². The number of hydrogen-bond acceptors (Lipinski definition) is 2. The van der Waals surface area contributed by atoms with Crippen LogP contribution in [-0.4, -0.2) is 26.2 Å². The summed E-state index contributed by atoms with van der Waals surface area (Å²) >= 11 is 0. The van der Waals surface area contributed by atoms with Crippen LogP contribution in [-0.2, 0) is 0 Å². The normalized spacial score (nSPS) is 12.4. The summed E-state index contributed by atoms with van der Waals surface area (Å²) in [6.45, 7) is 8.91. The van der Waals surface area contributed by atoms with Crippen molar-refractivity contribution in [2.24, 2.45) is 0 Å². The molecule has 2 heteroatoms. The molecule has 0 aromatic heterocycles. The molecule has 0 radical (unpaired) electrons. The molecule has 0 spiro atoms. The number of nitrogens with zero attached hydrogens (tertiary/aromatic N) is 1. The average Bonchev–Trinajstić information content (AvgIpc) is 2.43. The molecule has 108 valence electrons. The molecular weight excluding hydrogens is 232 g/mol. The maximum Gasteiger partial charge on any atom is 0.0363 e. The largest absolute Gasteiger partial charge is 0.375 e. The SMILES string of the molecule is CCCNC(CC)CCCN(C)c1ccc(C)cc1. The van der Waals surface area contributed by atoms with Crippen LogP contribution in [0.2, 0.25) is 0 Å². The summed E-state index contributed by atoms with van der Waals surface area (Å²) in [5.74, 6) is 0. The molecule has 1 atom stereocenters. The van der Waals surface area contributed by atoms with Crippen molar-refractivity contribution < 1.29 is 0 Å². The van der Waals surface area contributed by atoms with E-state index < -0.39 is 0 Å². The number of aryl methyl sites for hydroxylation is 1. The third-order valence-electron chi connectivity index (χ3n) is 3.70. The molecule has 1 N–H and O–H groups in total. The zero-order valence-corrected chi connectivity index (χ0v) is 13.1. The lowest BCUT2D eigenvalue weighted by molar-refractivity contribution is 0.457. The lowest BCUT2D eigenvalue weighted by Crippen LogP contribution is -2.30. The maximum absolute atomic E-state index is 3.62. The zero-order valence-electron chi connectivity index (χ0n) is 13.1. The summed E-state index contributed by atoms with van der Waals surface area (Å²) in [6, 6.07) is 9.48. The van der Waals surface area contributed by atoms with Gasteiger partial charge in [-0.05, 0) is 51.3 Å². The Labute approximate surface area is 119 Å². The Kier molecular flexibility index (Phi) is 7.57. The van der Waals surface area contributed by atoms with Crippen LogP contribution in [0.15, 0.2) is 24.3 Å². The molecule has 2 nitrogen and oxygen atoms in total. The molecule has 0 bridgehead atoms. The maximum atomic E-state index is 3.62. The smallest absolute Gasteiger partial charge is 0.0363 e. The second kappa shape index (κ2) is 8.98. The van der Waals surface area contributed by atoms with Gasteiger partial charge in [0.1, 0.15) is 0 Å². The molecule has 19 heavy (non-hydrogen) atoms. The Balaban J connectivity index is 2.29. The first-order chi connectivity index (χ1) is 9.17. The summed E-state index contributed by atoms with van der Waals surface area (Å²) in [5.41, 5.74) is 2.65. The van der Waals surface area contributed by atoms with Gasteiger partial charge in [0.25, 0.3) is 0 Å². The highest BCUT2D eigenvalue weighted by Gasteiger charge is 2.06. The molecule has 0 heterocycles. The molecule has 0 amide bonds. The standard InChI is InChI=1S/C17H30N2/c1-5-13-18-16(6-2)8-7-14-19(4)17-11-9-15(3)10-12-17/h9-12,16,18H,5-8,13-14H2,1-4H3. The summed E-state index contributed by atoms with van der Waals surface area (Å²) in [7, 11) is 2.19. The highest BCUT2D eigenvalue weighted by molar-refractivity contribution is 5.46. The Hall–Kier alpha value is -1.02. The molecule has 0 fully saturated rings. The number of benzene rings is 1. The van der Waals surface area contributed by atoms with Gasteiger partial charge < -0.3 is 10.2 Å². The van der Waals surface area contributed by atoms with E-state index in [2.05, 4.69) is 62.3 Å².